The van der Waals surface area contributed by atoms with E-state index in [0.29, 0.717) is 30.1 Å². The Labute approximate surface area is 178 Å². The van der Waals surface area contributed by atoms with E-state index in [-0.39, 0.29) is 24.2 Å². The summed E-state index contributed by atoms with van der Waals surface area (Å²) in [6.07, 6.45) is 0.182. The average molecular weight is 468 g/mol. The smallest absolute Gasteiger partial charge is 0.334 e. The van der Waals surface area contributed by atoms with Crippen LogP contribution in [0, 0.1) is 0 Å². The van der Waals surface area contributed by atoms with E-state index in [9.17, 15) is 19.8 Å². The van der Waals surface area contributed by atoms with Crippen molar-refractivity contribution in [1.29, 1.82) is 0 Å². The highest BCUT2D eigenvalue weighted by atomic mass is 79.9. The predicted molar refractivity (Wildman–Crippen MR) is 112 cm³/mol. The van der Waals surface area contributed by atoms with Crippen LogP contribution in [0.5, 0.6) is 0 Å². The first-order chi connectivity index (χ1) is 13.7. The SMILES string of the molecule is COCCN1C(C)=C(C(=O)O)C(CCOC)(c2ccc(Br)cc2)C(C(=O)O)=C1C. The van der Waals surface area contributed by atoms with Crippen LogP contribution in [-0.4, -0.2) is 61.0 Å². The van der Waals surface area contributed by atoms with Crippen LogP contribution in [0.1, 0.15) is 25.8 Å². The highest BCUT2D eigenvalue weighted by Crippen LogP contribution is 2.49. The minimum absolute atomic E-state index is 0.0379. The molecular weight excluding hydrogens is 442 g/mol. The molecule has 0 aliphatic carbocycles. The van der Waals surface area contributed by atoms with E-state index in [1.807, 2.05) is 0 Å². The Morgan fingerprint density at radius 2 is 1.45 bits per heavy atom. The number of hydrogen-bond donors (Lipinski definition) is 2. The monoisotopic (exact) mass is 467 g/mol. The van der Waals surface area contributed by atoms with Crippen molar-refractivity contribution >= 4 is 27.9 Å². The fourth-order valence-corrected chi connectivity index (χ4v) is 4.39. The molecule has 1 heterocycles. The van der Waals surface area contributed by atoms with Gasteiger partial charge in [-0.1, -0.05) is 28.1 Å². The molecule has 2 N–H and O–H groups in total. The van der Waals surface area contributed by atoms with Crippen LogP contribution in [0.3, 0.4) is 0 Å². The van der Waals surface area contributed by atoms with E-state index < -0.39 is 17.4 Å². The Hall–Kier alpha value is -2.16. The van der Waals surface area contributed by atoms with Crippen molar-refractivity contribution < 1.29 is 29.3 Å². The molecule has 0 fully saturated rings. The maximum Gasteiger partial charge on any atom is 0.334 e. The molecule has 0 atom stereocenters. The lowest BCUT2D eigenvalue weighted by Crippen LogP contribution is -2.47. The van der Waals surface area contributed by atoms with Crippen LogP contribution in [-0.2, 0) is 24.5 Å². The molecule has 0 spiro atoms. The average Bonchev–Trinajstić information content (AvgIpc) is 2.65. The molecule has 0 saturated carbocycles. The molecule has 158 valence electrons. The molecule has 7 nitrogen and oxygen atoms in total. The number of methoxy groups -OCH3 is 2. The quantitative estimate of drug-likeness (QED) is 0.574. The van der Waals surface area contributed by atoms with Crippen molar-refractivity contribution in [2.45, 2.75) is 25.7 Å². The van der Waals surface area contributed by atoms with Gasteiger partial charge < -0.3 is 24.6 Å². The van der Waals surface area contributed by atoms with Gasteiger partial charge in [-0.2, -0.15) is 0 Å². The van der Waals surface area contributed by atoms with Crippen LogP contribution in [0.25, 0.3) is 0 Å². The topological polar surface area (TPSA) is 96.3 Å². The first-order valence-electron chi connectivity index (χ1n) is 9.13. The van der Waals surface area contributed by atoms with Crippen molar-refractivity contribution in [3.8, 4) is 0 Å². The summed E-state index contributed by atoms with van der Waals surface area (Å²) in [6.45, 7) is 4.30. The summed E-state index contributed by atoms with van der Waals surface area (Å²) < 4.78 is 11.2. The lowest BCUT2D eigenvalue weighted by Gasteiger charge is -2.45. The highest BCUT2D eigenvalue weighted by molar-refractivity contribution is 9.10. The maximum atomic E-state index is 12.5. The normalized spacial score (nSPS) is 16.4. The largest absolute Gasteiger partial charge is 0.478 e. The molecule has 1 aliphatic heterocycles. The van der Waals surface area contributed by atoms with Crippen molar-refractivity contribution in [1.82, 2.24) is 4.90 Å². The molecule has 1 aromatic rings. The zero-order chi connectivity index (χ0) is 21.8. The van der Waals surface area contributed by atoms with E-state index in [1.54, 1.807) is 50.1 Å². The molecule has 29 heavy (non-hydrogen) atoms. The number of nitrogens with zero attached hydrogens (tertiary/aromatic N) is 1. The second kappa shape index (κ2) is 9.56. The van der Waals surface area contributed by atoms with Crippen LogP contribution in [0.2, 0.25) is 0 Å². The first kappa shape index (κ1) is 23.1. The number of allylic oxidation sites excluding steroid dienone is 2. The van der Waals surface area contributed by atoms with Gasteiger partial charge in [0.1, 0.15) is 0 Å². The van der Waals surface area contributed by atoms with Gasteiger partial charge >= 0.3 is 11.9 Å². The van der Waals surface area contributed by atoms with Gasteiger partial charge in [0.25, 0.3) is 0 Å². The molecule has 0 amide bonds. The van der Waals surface area contributed by atoms with E-state index in [0.717, 1.165) is 4.47 Å². The summed E-state index contributed by atoms with van der Waals surface area (Å²) in [6, 6.07) is 7.09. The van der Waals surface area contributed by atoms with Crippen LogP contribution < -0.4 is 0 Å². The maximum absolute atomic E-state index is 12.5. The number of carboxylic acids is 2. The molecule has 0 aromatic heterocycles. The number of carbonyl (C=O) groups is 2. The summed E-state index contributed by atoms with van der Waals surface area (Å²) >= 11 is 3.39. The molecular formula is C21H26BrNO6. The molecule has 0 bridgehead atoms. The third kappa shape index (κ3) is 4.24. The van der Waals surface area contributed by atoms with Gasteiger partial charge in [-0.25, -0.2) is 9.59 Å². The minimum Gasteiger partial charge on any atom is -0.478 e. The van der Waals surface area contributed by atoms with Gasteiger partial charge in [0.05, 0.1) is 23.2 Å². The second-order valence-corrected chi connectivity index (χ2v) is 7.75. The van der Waals surface area contributed by atoms with Crippen LogP contribution >= 0.6 is 15.9 Å². The van der Waals surface area contributed by atoms with E-state index in [4.69, 9.17) is 9.47 Å². The number of ether oxygens (including phenoxy) is 2. The zero-order valence-electron chi connectivity index (χ0n) is 17.0. The lowest BCUT2D eigenvalue weighted by molar-refractivity contribution is -0.134. The second-order valence-electron chi connectivity index (χ2n) is 6.83. The number of carboxylic acid groups (broad SMARTS) is 2. The Morgan fingerprint density at radius 1 is 0.966 bits per heavy atom. The molecule has 1 aliphatic rings. The Balaban J connectivity index is 2.91. The number of halogens is 1. The van der Waals surface area contributed by atoms with Gasteiger partial charge in [0, 0.05) is 43.2 Å². The van der Waals surface area contributed by atoms with Crippen molar-refractivity contribution in [3.63, 3.8) is 0 Å². The minimum atomic E-state index is -1.36. The molecule has 8 heteroatoms. The lowest BCUT2D eigenvalue weighted by atomic mass is 9.63. The van der Waals surface area contributed by atoms with E-state index >= 15 is 0 Å². The highest BCUT2D eigenvalue weighted by Gasteiger charge is 2.51. The summed E-state index contributed by atoms with van der Waals surface area (Å²) in [4.78, 5) is 26.7. The summed E-state index contributed by atoms with van der Waals surface area (Å²) in [5.74, 6) is -2.31. The number of hydrogen-bond acceptors (Lipinski definition) is 5. The first-order valence-corrected chi connectivity index (χ1v) is 9.92. The van der Waals surface area contributed by atoms with Gasteiger partial charge in [-0.3, -0.25) is 0 Å². The number of aliphatic carboxylic acids is 2. The van der Waals surface area contributed by atoms with Crippen molar-refractivity contribution in [2.24, 2.45) is 0 Å². The fraction of sp³-hybridized carbons (Fsp3) is 0.429. The predicted octanol–water partition coefficient (Wildman–Crippen LogP) is 3.40. The summed E-state index contributed by atoms with van der Waals surface area (Å²) in [5.41, 5.74) is 0.309. The van der Waals surface area contributed by atoms with E-state index in [2.05, 4.69) is 15.9 Å². The molecule has 0 unspecified atom stereocenters. The van der Waals surface area contributed by atoms with Crippen molar-refractivity contribution in [2.75, 3.05) is 34.0 Å². The third-order valence-corrected chi connectivity index (χ3v) is 5.88. The number of benzene rings is 1. The fourth-order valence-electron chi connectivity index (χ4n) is 4.13. The van der Waals surface area contributed by atoms with Gasteiger partial charge in [0.2, 0.25) is 0 Å². The van der Waals surface area contributed by atoms with Gasteiger partial charge in [-0.05, 0) is 38.0 Å². The zero-order valence-corrected chi connectivity index (χ0v) is 18.6. The Bertz CT molecular complexity index is 805. The molecule has 2 rings (SSSR count). The molecule has 1 aromatic carbocycles. The van der Waals surface area contributed by atoms with E-state index in [1.165, 1.54) is 7.11 Å². The van der Waals surface area contributed by atoms with Gasteiger partial charge in [-0.15, -0.1) is 0 Å². The third-order valence-electron chi connectivity index (χ3n) is 5.35. The van der Waals surface area contributed by atoms with Crippen molar-refractivity contribution in [3.05, 3.63) is 56.8 Å². The Morgan fingerprint density at radius 3 is 1.86 bits per heavy atom. The number of rotatable bonds is 9. The molecule has 0 radical (unpaired) electrons. The van der Waals surface area contributed by atoms with Crippen LogP contribution in [0.15, 0.2) is 51.3 Å². The van der Waals surface area contributed by atoms with Gasteiger partial charge in [0.15, 0.2) is 0 Å². The molecule has 0 saturated heterocycles. The standard InChI is InChI=1S/C21H26BrNO6/c1-13-17(19(24)25)21(9-11-28-3,15-5-7-16(22)8-6-15)18(20(26)27)14(2)23(13)10-12-29-4/h5-8H,9-12H2,1-4H3,(H,24,25)(H,26,27). The summed E-state index contributed by atoms with van der Waals surface area (Å²) in [7, 11) is 3.06. The Kier molecular flexibility index (Phi) is 7.62. The summed E-state index contributed by atoms with van der Waals surface area (Å²) in [5, 5.41) is 20.4. The van der Waals surface area contributed by atoms with Crippen LogP contribution in [0.4, 0.5) is 0 Å².